The van der Waals surface area contributed by atoms with Gasteiger partial charge in [-0.3, -0.25) is 4.90 Å². The molecule has 0 fully saturated rings. The van der Waals surface area contributed by atoms with E-state index >= 15 is 0 Å². The van der Waals surface area contributed by atoms with Gasteiger partial charge in [0.05, 0.1) is 13.2 Å². The molecular weight excluding hydrogens is 280 g/mol. The lowest BCUT2D eigenvalue weighted by Gasteiger charge is -2.34. The Morgan fingerprint density at radius 3 is 2.57 bits per heavy atom. The lowest BCUT2D eigenvalue weighted by atomic mass is 9.98. The van der Waals surface area contributed by atoms with Crippen LogP contribution in [-0.2, 0) is 6.54 Å². The highest BCUT2D eigenvalue weighted by atomic mass is 32.1. The van der Waals surface area contributed by atoms with E-state index in [2.05, 4.69) is 42.3 Å². The van der Waals surface area contributed by atoms with Crippen molar-refractivity contribution in [2.24, 2.45) is 5.73 Å². The Kier molecular flexibility index (Phi) is 5.79. The van der Waals surface area contributed by atoms with Crippen molar-refractivity contribution in [2.75, 3.05) is 13.7 Å². The van der Waals surface area contributed by atoms with Crippen molar-refractivity contribution < 1.29 is 4.74 Å². The highest BCUT2D eigenvalue weighted by Gasteiger charge is 2.26. The number of benzene rings is 1. The fraction of sp³-hybridized carbons (Fsp3) is 0.412. The number of rotatable bonds is 7. The van der Waals surface area contributed by atoms with Gasteiger partial charge < -0.3 is 10.5 Å². The molecule has 1 heterocycles. The average molecular weight is 304 g/mol. The topological polar surface area (TPSA) is 38.5 Å². The maximum atomic E-state index is 6.30. The lowest BCUT2D eigenvalue weighted by Crippen LogP contribution is -2.39. The third-order valence-electron chi connectivity index (χ3n) is 3.69. The SMILES string of the molecule is CCN(Cc1cccs1)C(c1ccccc1OC)C(C)N. The molecule has 0 saturated carbocycles. The number of nitrogens with zero attached hydrogens (tertiary/aromatic N) is 1. The van der Waals surface area contributed by atoms with Crippen LogP contribution < -0.4 is 10.5 Å². The van der Waals surface area contributed by atoms with Gasteiger partial charge in [-0.05, 0) is 31.0 Å². The summed E-state index contributed by atoms with van der Waals surface area (Å²) in [6.45, 7) is 6.10. The number of nitrogens with two attached hydrogens (primary N) is 1. The van der Waals surface area contributed by atoms with Crippen LogP contribution in [0.15, 0.2) is 41.8 Å². The van der Waals surface area contributed by atoms with E-state index in [-0.39, 0.29) is 12.1 Å². The summed E-state index contributed by atoms with van der Waals surface area (Å²) < 4.78 is 5.53. The van der Waals surface area contributed by atoms with E-state index in [0.717, 1.165) is 24.4 Å². The molecule has 2 aromatic rings. The molecule has 114 valence electrons. The van der Waals surface area contributed by atoms with E-state index < -0.39 is 0 Å². The number of ether oxygens (including phenoxy) is 1. The van der Waals surface area contributed by atoms with Crippen molar-refractivity contribution in [1.29, 1.82) is 0 Å². The molecule has 1 aromatic heterocycles. The molecule has 2 atom stereocenters. The van der Waals surface area contributed by atoms with Crippen LogP contribution in [-0.4, -0.2) is 24.6 Å². The smallest absolute Gasteiger partial charge is 0.123 e. The molecule has 0 spiro atoms. The molecule has 0 saturated heterocycles. The highest BCUT2D eigenvalue weighted by Crippen LogP contribution is 2.32. The number of para-hydroxylation sites is 1. The van der Waals surface area contributed by atoms with Crippen molar-refractivity contribution >= 4 is 11.3 Å². The minimum absolute atomic E-state index is 0.0289. The molecule has 0 radical (unpaired) electrons. The van der Waals surface area contributed by atoms with E-state index in [1.165, 1.54) is 4.88 Å². The first-order valence-electron chi connectivity index (χ1n) is 7.32. The zero-order valence-electron chi connectivity index (χ0n) is 13.0. The molecule has 21 heavy (non-hydrogen) atoms. The first-order chi connectivity index (χ1) is 10.2. The number of methoxy groups -OCH3 is 1. The van der Waals surface area contributed by atoms with Gasteiger partial charge in [-0.25, -0.2) is 0 Å². The van der Waals surface area contributed by atoms with Crippen LogP contribution in [0.4, 0.5) is 0 Å². The molecule has 0 aliphatic carbocycles. The van der Waals surface area contributed by atoms with Crippen molar-refractivity contribution in [3.05, 3.63) is 52.2 Å². The fourth-order valence-electron chi connectivity index (χ4n) is 2.73. The van der Waals surface area contributed by atoms with Gasteiger partial charge in [-0.1, -0.05) is 31.2 Å². The Hall–Kier alpha value is -1.36. The summed E-state index contributed by atoms with van der Waals surface area (Å²) >= 11 is 1.79. The lowest BCUT2D eigenvalue weighted by molar-refractivity contribution is 0.175. The Labute approximate surface area is 131 Å². The summed E-state index contributed by atoms with van der Waals surface area (Å²) in [5.41, 5.74) is 7.46. The molecule has 1 aromatic carbocycles. The third-order valence-corrected chi connectivity index (χ3v) is 4.56. The number of likely N-dealkylation sites (N-methyl/N-ethyl adjacent to an activating group) is 1. The maximum Gasteiger partial charge on any atom is 0.123 e. The molecule has 2 N–H and O–H groups in total. The second-order valence-electron chi connectivity index (χ2n) is 5.19. The molecule has 0 bridgehead atoms. The first-order valence-corrected chi connectivity index (χ1v) is 8.20. The zero-order chi connectivity index (χ0) is 15.2. The number of thiophene rings is 1. The van der Waals surface area contributed by atoms with Crippen LogP contribution in [0.2, 0.25) is 0 Å². The van der Waals surface area contributed by atoms with Gasteiger partial charge in [-0.15, -0.1) is 11.3 Å². The molecular formula is C17H24N2OS. The standard InChI is InChI=1S/C17H24N2OS/c1-4-19(12-14-8-7-11-21-14)17(13(2)18)15-9-5-6-10-16(15)20-3/h5-11,13,17H,4,12,18H2,1-3H3. The van der Waals surface area contributed by atoms with E-state index in [1.807, 2.05) is 18.2 Å². The van der Waals surface area contributed by atoms with Crippen molar-refractivity contribution in [1.82, 2.24) is 4.90 Å². The first kappa shape index (κ1) is 16.0. The van der Waals surface area contributed by atoms with Crippen molar-refractivity contribution in [2.45, 2.75) is 32.5 Å². The van der Waals surface area contributed by atoms with Crippen molar-refractivity contribution in [3.8, 4) is 5.75 Å². The second-order valence-corrected chi connectivity index (χ2v) is 6.22. The normalized spacial score (nSPS) is 14.1. The number of hydrogen-bond donors (Lipinski definition) is 1. The predicted octanol–water partition coefficient (Wildman–Crippen LogP) is 3.67. The maximum absolute atomic E-state index is 6.30. The predicted molar refractivity (Wildman–Crippen MR) is 89.8 cm³/mol. The van der Waals surface area contributed by atoms with E-state index in [1.54, 1.807) is 18.4 Å². The molecule has 0 amide bonds. The van der Waals surface area contributed by atoms with Gasteiger partial charge in [0.25, 0.3) is 0 Å². The van der Waals surface area contributed by atoms with Gasteiger partial charge in [0.2, 0.25) is 0 Å². The van der Waals surface area contributed by atoms with E-state index in [4.69, 9.17) is 10.5 Å². The molecule has 0 aliphatic rings. The molecule has 3 nitrogen and oxygen atoms in total. The second kappa shape index (κ2) is 7.59. The molecule has 2 rings (SSSR count). The summed E-state index contributed by atoms with van der Waals surface area (Å²) in [4.78, 5) is 3.77. The Morgan fingerprint density at radius 2 is 2.00 bits per heavy atom. The van der Waals surface area contributed by atoms with Gasteiger partial charge in [0.15, 0.2) is 0 Å². The van der Waals surface area contributed by atoms with Gasteiger partial charge in [-0.2, -0.15) is 0 Å². The fourth-order valence-corrected chi connectivity index (χ4v) is 3.46. The van der Waals surface area contributed by atoms with Gasteiger partial charge in [0.1, 0.15) is 5.75 Å². The molecule has 0 aliphatic heterocycles. The van der Waals surface area contributed by atoms with Gasteiger partial charge >= 0.3 is 0 Å². The quantitative estimate of drug-likeness (QED) is 0.848. The molecule has 4 heteroatoms. The summed E-state index contributed by atoms with van der Waals surface area (Å²) in [5, 5.41) is 2.12. The minimum atomic E-state index is 0.0289. The monoisotopic (exact) mass is 304 g/mol. The summed E-state index contributed by atoms with van der Waals surface area (Å²) in [6.07, 6.45) is 0. The minimum Gasteiger partial charge on any atom is -0.496 e. The van der Waals surface area contributed by atoms with Gasteiger partial charge in [0, 0.05) is 23.0 Å². The van der Waals surface area contributed by atoms with Crippen LogP contribution >= 0.6 is 11.3 Å². The van der Waals surface area contributed by atoms with E-state index in [0.29, 0.717) is 0 Å². The largest absolute Gasteiger partial charge is 0.496 e. The van der Waals surface area contributed by atoms with Crippen LogP contribution in [0.1, 0.15) is 30.3 Å². The van der Waals surface area contributed by atoms with E-state index in [9.17, 15) is 0 Å². The Morgan fingerprint density at radius 1 is 1.24 bits per heavy atom. The van der Waals surface area contributed by atoms with Crippen LogP contribution in [0.5, 0.6) is 5.75 Å². The number of hydrogen-bond acceptors (Lipinski definition) is 4. The third kappa shape index (κ3) is 3.84. The summed E-state index contributed by atoms with van der Waals surface area (Å²) in [6, 6.07) is 12.6. The van der Waals surface area contributed by atoms with Crippen LogP contribution in [0.3, 0.4) is 0 Å². The highest BCUT2D eigenvalue weighted by molar-refractivity contribution is 7.09. The van der Waals surface area contributed by atoms with Crippen molar-refractivity contribution in [3.63, 3.8) is 0 Å². The Balaban J connectivity index is 2.32. The van der Waals surface area contributed by atoms with Crippen LogP contribution in [0, 0.1) is 0 Å². The molecule has 2 unspecified atom stereocenters. The summed E-state index contributed by atoms with van der Waals surface area (Å²) in [5.74, 6) is 0.907. The zero-order valence-corrected chi connectivity index (χ0v) is 13.8. The Bertz CT molecular complexity index is 539. The average Bonchev–Trinajstić information content (AvgIpc) is 2.99. The summed E-state index contributed by atoms with van der Waals surface area (Å²) in [7, 11) is 1.71. The van der Waals surface area contributed by atoms with Crippen LogP contribution in [0.25, 0.3) is 0 Å².